The van der Waals surface area contributed by atoms with Gasteiger partial charge in [0.25, 0.3) is 0 Å². The molecule has 0 spiro atoms. The predicted octanol–water partition coefficient (Wildman–Crippen LogP) is 3.60. The molecule has 0 bridgehead atoms. The lowest BCUT2D eigenvalue weighted by Gasteiger charge is -2.16. The molecule has 0 radical (unpaired) electrons. The van der Waals surface area contributed by atoms with Gasteiger partial charge in [0, 0.05) is 11.4 Å². The standard InChI is InChI=1S/C19H19ClN4O/c1-13-21-19(24-23-13)18(15-8-3-2-4-9-15)22-17(25)12-11-14-7-5-6-10-16(14)20/h2-10,18H,11-12H2,1H3,(H,22,25)(H,21,23,24). The minimum absolute atomic E-state index is 0.0729. The molecular weight excluding hydrogens is 336 g/mol. The van der Waals surface area contributed by atoms with E-state index in [1.165, 1.54) is 0 Å². The summed E-state index contributed by atoms with van der Waals surface area (Å²) < 4.78 is 0. The number of H-pyrrole nitrogens is 1. The van der Waals surface area contributed by atoms with Crippen LogP contribution < -0.4 is 5.32 Å². The number of nitrogens with one attached hydrogen (secondary N) is 2. The zero-order chi connectivity index (χ0) is 17.6. The van der Waals surface area contributed by atoms with Crippen LogP contribution in [-0.4, -0.2) is 21.1 Å². The van der Waals surface area contributed by atoms with Gasteiger partial charge in [-0.3, -0.25) is 9.89 Å². The Kier molecular flexibility index (Phi) is 5.46. The van der Waals surface area contributed by atoms with Crippen molar-refractivity contribution >= 4 is 17.5 Å². The molecule has 128 valence electrons. The average molecular weight is 355 g/mol. The zero-order valence-electron chi connectivity index (χ0n) is 13.9. The maximum atomic E-state index is 12.5. The highest BCUT2D eigenvalue weighted by atomic mass is 35.5. The van der Waals surface area contributed by atoms with Crippen LogP contribution in [-0.2, 0) is 11.2 Å². The SMILES string of the molecule is Cc1nc(C(NC(=O)CCc2ccccc2Cl)c2ccccc2)n[nH]1. The molecule has 3 rings (SSSR count). The van der Waals surface area contributed by atoms with Gasteiger partial charge in [0.15, 0.2) is 5.82 Å². The summed E-state index contributed by atoms with van der Waals surface area (Å²) in [5, 5.41) is 10.7. The van der Waals surface area contributed by atoms with Crippen molar-refractivity contribution in [1.82, 2.24) is 20.5 Å². The molecule has 6 heteroatoms. The van der Waals surface area contributed by atoms with E-state index in [9.17, 15) is 4.79 Å². The normalized spacial score (nSPS) is 11.9. The Hall–Kier alpha value is -2.66. The molecular formula is C19H19ClN4O. The molecule has 5 nitrogen and oxygen atoms in total. The zero-order valence-corrected chi connectivity index (χ0v) is 14.6. The van der Waals surface area contributed by atoms with E-state index in [2.05, 4.69) is 20.5 Å². The van der Waals surface area contributed by atoms with E-state index in [0.29, 0.717) is 29.5 Å². The first kappa shape index (κ1) is 17.2. The molecule has 0 saturated heterocycles. The monoisotopic (exact) mass is 354 g/mol. The van der Waals surface area contributed by atoms with Gasteiger partial charge in [0.2, 0.25) is 5.91 Å². The van der Waals surface area contributed by atoms with E-state index in [0.717, 1.165) is 11.1 Å². The summed E-state index contributed by atoms with van der Waals surface area (Å²) >= 11 is 6.15. The molecule has 2 aromatic carbocycles. The number of aryl methyl sites for hydroxylation is 2. The van der Waals surface area contributed by atoms with Crippen LogP contribution in [0, 0.1) is 6.92 Å². The van der Waals surface area contributed by atoms with Crippen LogP contribution in [0.2, 0.25) is 5.02 Å². The fraction of sp³-hybridized carbons (Fsp3) is 0.211. The lowest BCUT2D eigenvalue weighted by Crippen LogP contribution is -2.30. The maximum absolute atomic E-state index is 12.5. The largest absolute Gasteiger partial charge is 0.342 e. The number of benzene rings is 2. The summed E-state index contributed by atoms with van der Waals surface area (Å²) in [6.45, 7) is 1.83. The molecule has 2 N–H and O–H groups in total. The second-order valence-corrected chi connectivity index (χ2v) is 6.19. The topological polar surface area (TPSA) is 70.7 Å². The summed E-state index contributed by atoms with van der Waals surface area (Å²) in [5.74, 6) is 1.19. The number of hydrogen-bond acceptors (Lipinski definition) is 3. The molecule has 0 aliphatic rings. The van der Waals surface area contributed by atoms with E-state index in [1.807, 2.05) is 61.5 Å². The fourth-order valence-corrected chi connectivity index (χ4v) is 2.84. The summed E-state index contributed by atoms with van der Waals surface area (Å²) in [6, 6.07) is 16.9. The first-order valence-corrected chi connectivity index (χ1v) is 8.48. The van der Waals surface area contributed by atoms with E-state index < -0.39 is 0 Å². The molecule has 0 saturated carbocycles. The minimum Gasteiger partial charge on any atom is -0.342 e. The number of carbonyl (C=O) groups excluding carboxylic acids is 1. The van der Waals surface area contributed by atoms with Crippen LogP contribution in [0.1, 0.15) is 35.2 Å². The van der Waals surface area contributed by atoms with Crippen molar-refractivity contribution in [3.63, 3.8) is 0 Å². The van der Waals surface area contributed by atoms with Crippen LogP contribution in [0.25, 0.3) is 0 Å². The van der Waals surface area contributed by atoms with Gasteiger partial charge in [-0.2, -0.15) is 5.10 Å². The third kappa shape index (κ3) is 4.45. The number of nitrogens with zero attached hydrogens (tertiary/aromatic N) is 2. The van der Waals surface area contributed by atoms with Crippen molar-refractivity contribution in [2.24, 2.45) is 0 Å². The quantitative estimate of drug-likeness (QED) is 0.710. The fourth-order valence-electron chi connectivity index (χ4n) is 2.61. The van der Waals surface area contributed by atoms with Crippen molar-refractivity contribution in [3.05, 3.63) is 82.4 Å². The van der Waals surface area contributed by atoms with Gasteiger partial charge >= 0.3 is 0 Å². The molecule has 1 aromatic heterocycles. The van der Waals surface area contributed by atoms with E-state index in [1.54, 1.807) is 0 Å². The average Bonchev–Trinajstić information content (AvgIpc) is 3.06. The summed E-state index contributed by atoms with van der Waals surface area (Å²) in [4.78, 5) is 16.8. The van der Waals surface area contributed by atoms with Crippen LogP contribution in [0.5, 0.6) is 0 Å². The maximum Gasteiger partial charge on any atom is 0.221 e. The Balaban J connectivity index is 1.72. The molecule has 1 atom stereocenters. The molecule has 0 aliphatic heterocycles. The Morgan fingerprint density at radius 1 is 1.16 bits per heavy atom. The van der Waals surface area contributed by atoms with Gasteiger partial charge in [-0.1, -0.05) is 60.1 Å². The number of aromatic nitrogens is 3. The Morgan fingerprint density at radius 2 is 1.88 bits per heavy atom. The van der Waals surface area contributed by atoms with E-state index in [-0.39, 0.29) is 11.9 Å². The van der Waals surface area contributed by atoms with Crippen LogP contribution in [0.4, 0.5) is 0 Å². The second-order valence-electron chi connectivity index (χ2n) is 5.78. The number of aromatic amines is 1. The van der Waals surface area contributed by atoms with Gasteiger partial charge in [0.05, 0.1) is 0 Å². The van der Waals surface area contributed by atoms with Gasteiger partial charge in [-0.25, -0.2) is 4.98 Å². The van der Waals surface area contributed by atoms with Gasteiger partial charge in [-0.15, -0.1) is 0 Å². The highest BCUT2D eigenvalue weighted by Crippen LogP contribution is 2.20. The molecule has 25 heavy (non-hydrogen) atoms. The first-order chi connectivity index (χ1) is 12.1. The smallest absolute Gasteiger partial charge is 0.221 e. The lowest BCUT2D eigenvalue weighted by atomic mass is 10.1. The van der Waals surface area contributed by atoms with Crippen LogP contribution >= 0.6 is 11.6 Å². The first-order valence-electron chi connectivity index (χ1n) is 8.10. The Bertz CT molecular complexity index is 847. The lowest BCUT2D eigenvalue weighted by molar-refractivity contribution is -0.121. The van der Waals surface area contributed by atoms with Gasteiger partial charge in [0.1, 0.15) is 11.9 Å². The molecule has 1 unspecified atom stereocenters. The summed E-state index contributed by atoms with van der Waals surface area (Å²) in [5.41, 5.74) is 1.90. The highest BCUT2D eigenvalue weighted by molar-refractivity contribution is 6.31. The van der Waals surface area contributed by atoms with Gasteiger partial charge < -0.3 is 5.32 Å². The van der Waals surface area contributed by atoms with Crippen molar-refractivity contribution < 1.29 is 4.79 Å². The number of hydrogen-bond donors (Lipinski definition) is 2. The Labute approximate surface area is 151 Å². The molecule has 1 heterocycles. The van der Waals surface area contributed by atoms with Crippen molar-refractivity contribution in [2.75, 3.05) is 0 Å². The number of halogens is 1. The third-order valence-electron chi connectivity index (χ3n) is 3.89. The van der Waals surface area contributed by atoms with E-state index in [4.69, 9.17) is 11.6 Å². The molecule has 0 aliphatic carbocycles. The second kappa shape index (κ2) is 7.94. The van der Waals surface area contributed by atoms with E-state index >= 15 is 0 Å². The molecule has 0 fully saturated rings. The summed E-state index contributed by atoms with van der Waals surface area (Å²) in [6.07, 6.45) is 0.927. The number of amides is 1. The van der Waals surface area contributed by atoms with Crippen molar-refractivity contribution in [2.45, 2.75) is 25.8 Å². The number of rotatable bonds is 6. The predicted molar refractivity (Wildman–Crippen MR) is 97.3 cm³/mol. The number of carbonyl (C=O) groups is 1. The van der Waals surface area contributed by atoms with Crippen molar-refractivity contribution in [1.29, 1.82) is 0 Å². The van der Waals surface area contributed by atoms with Gasteiger partial charge in [-0.05, 0) is 30.5 Å². The molecule has 1 amide bonds. The van der Waals surface area contributed by atoms with Crippen LogP contribution in [0.3, 0.4) is 0 Å². The highest BCUT2D eigenvalue weighted by Gasteiger charge is 2.20. The third-order valence-corrected chi connectivity index (χ3v) is 4.26. The van der Waals surface area contributed by atoms with Crippen LogP contribution in [0.15, 0.2) is 54.6 Å². The minimum atomic E-state index is -0.384. The van der Waals surface area contributed by atoms with Crippen molar-refractivity contribution in [3.8, 4) is 0 Å². The Morgan fingerprint density at radius 3 is 2.56 bits per heavy atom. The molecule has 3 aromatic rings. The summed E-state index contributed by atoms with van der Waals surface area (Å²) in [7, 11) is 0.